The number of carbonyl (C=O) groups is 2. The summed E-state index contributed by atoms with van der Waals surface area (Å²) >= 11 is 1.99. The number of aryl methyl sites for hydroxylation is 2. The van der Waals surface area contributed by atoms with Crippen molar-refractivity contribution in [3.05, 3.63) is 92.8 Å². The summed E-state index contributed by atoms with van der Waals surface area (Å²) < 4.78 is 16.4. The van der Waals surface area contributed by atoms with Crippen LogP contribution >= 0.6 is 22.6 Å². The molecule has 10 heteroatoms. The van der Waals surface area contributed by atoms with Crippen LogP contribution in [0.15, 0.2) is 66.7 Å². The largest absolute Gasteiger partial charge is 0.350 e. The molecule has 0 radical (unpaired) electrons. The zero-order chi connectivity index (χ0) is 29.2. The molecule has 2 N–H and O–H groups in total. The number of benzene rings is 3. The molecular weight excluding hydrogens is 646 g/mol. The minimum absolute atomic E-state index is 0.0163. The Labute approximate surface area is 258 Å². The van der Waals surface area contributed by atoms with Gasteiger partial charge in [0.25, 0.3) is 0 Å². The number of fused-ring (bicyclic) bond motifs is 1. The summed E-state index contributed by atoms with van der Waals surface area (Å²) in [7, 11) is 1.84. The maximum absolute atomic E-state index is 14.1. The van der Waals surface area contributed by atoms with Crippen molar-refractivity contribution in [3.63, 3.8) is 0 Å². The lowest BCUT2D eigenvalue weighted by Gasteiger charge is -2.27. The fourth-order valence-corrected chi connectivity index (χ4v) is 6.63. The van der Waals surface area contributed by atoms with Gasteiger partial charge in [-0.3, -0.25) is 9.59 Å². The molecule has 218 valence electrons. The van der Waals surface area contributed by atoms with Gasteiger partial charge in [-0.15, -0.1) is 5.10 Å². The Morgan fingerprint density at radius 2 is 1.88 bits per heavy atom. The van der Waals surface area contributed by atoms with E-state index in [1.165, 1.54) is 5.56 Å². The molecule has 0 saturated carbocycles. The van der Waals surface area contributed by atoms with Gasteiger partial charge in [-0.05, 0) is 101 Å². The molecule has 0 aliphatic carbocycles. The van der Waals surface area contributed by atoms with Crippen molar-refractivity contribution >= 4 is 45.4 Å². The first-order valence-electron chi connectivity index (χ1n) is 14.4. The van der Waals surface area contributed by atoms with Crippen LogP contribution in [0.3, 0.4) is 0 Å². The molecule has 2 aliphatic heterocycles. The number of likely N-dealkylation sites (tertiary alicyclic amines) is 1. The molecule has 1 aromatic heterocycles. The van der Waals surface area contributed by atoms with Crippen molar-refractivity contribution in [2.75, 3.05) is 13.1 Å². The van der Waals surface area contributed by atoms with Crippen LogP contribution in [-0.2, 0) is 29.6 Å². The summed E-state index contributed by atoms with van der Waals surface area (Å²) in [6.45, 7) is 1.59. The Balaban J connectivity index is 1.14. The van der Waals surface area contributed by atoms with Crippen LogP contribution in [-0.4, -0.2) is 56.9 Å². The first-order chi connectivity index (χ1) is 20.4. The third-order valence-electron chi connectivity index (χ3n) is 8.64. The quantitative estimate of drug-likeness (QED) is 0.271. The second-order valence-electron chi connectivity index (χ2n) is 11.5. The Morgan fingerprint density at radius 1 is 1.07 bits per heavy atom. The molecule has 3 aromatic carbocycles. The number of hydrogen-bond donors (Lipinski definition) is 2. The zero-order valence-corrected chi connectivity index (χ0v) is 25.6. The van der Waals surface area contributed by atoms with E-state index in [0.29, 0.717) is 35.9 Å². The predicted octanol–water partition coefficient (Wildman–Crippen LogP) is 4.32. The van der Waals surface area contributed by atoms with Gasteiger partial charge in [-0.1, -0.05) is 47.7 Å². The van der Waals surface area contributed by atoms with Crippen molar-refractivity contribution in [2.24, 2.45) is 13.0 Å². The van der Waals surface area contributed by atoms with Crippen molar-refractivity contribution in [3.8, 4) is 0 Å². The summed E-state index contributed by atoms with van der Waals surface area (Å²) in [6, 6.07) is 20.5. The van der Waals surface area contributed by atoms with Gasteiger partial charge in [0.05, 0.1) is 11.6 Å². The number of amides is 2. The van der Waals surface area contributed by atoms with E-state index in [1.807, 2.05) is 72.1 Å². The van der Waals surface area contributed by atoms with Gasteiger partial charge < -0.3 is 15.5 Å². The highest BCUT2D eigenvalue weighted by atomic mass is 127. The van der Waals surface area contributed by atoms with E-state index in [0.717, 1.165) is 35.1 Å². The number of halogens is 2. The monoisotopic (exact) mass is 680 g/mol. The summed E-state index contributed by atoms with van der Waals surface area (Å²) in [4.78, 5) is 29.3. The van der Waals surface area contributed by atoms with Crippen molar-refractivity contribution in [2.45, 2.75) is 50.2 Å². The smallest absolute Gasteiger partial charge is 0.243 e. The average molecular weight is 681 g/mol. The number of carbonyl (C=O) groups excluding carboxylic acids is 2. The Hall–Kier alpha value is -3.38. The van der Waals surface area contributed by atoms with E-state index in [2.05, 4.69) is 33.1 Å². The molecule has 2 fully saturated rings. The molecule has 2 amide bonds. The molecule has 0 spiro atoms. The summed E-state index contributed by atoms with van der Waals surface area (Å²) in [5, 5.41) is 14.7. The van der Waals surface area contributed by atoms with Crippen LogP contribution in [0.4, 0.5) is 4.39 Å². The van der Waals surface area contributed by atoms with Gasteiger partial charge in [0, 0.05) is 30.3 Å². The molecular formula is C32H34FIN6O2. The standard InChI is InChI=1S/C32H34FIN6O2/c1-39-29-12-10-21(14-27(29)37-38-39)17-36-31(41)30-15-22(8-7-20-9-11-26(34)25(33)13-20)19-40(30)32(42)28-16-24(18-35-28)23-5-3-2-4-6-23/h2-6,9-14,22,24,28,30,35H,7-8,15-19H2,1H3,(H,36,41)/t22?,24-,28?,30+/m1/s1. The minimum Gasteiger partial charge on any atom is -0.350 e. The molecule has 2 aliphatic rings. The molecule has 2 saturated heterocycles. The summed E-state index contributed by atoms with van der Waals surface area (Å²) in [5.74, 6) is 0.0285. The highest BCUT2D eigenvalue weighted by molar-refractivity contribution is 14.1. The second kappa shape index (κ2) is 12.5. The van der Waals surface area contributed by atoms with E-state index in [4.69, 9.17) is 0 Å². The van der Waals surface area contributed by atoms with Crippen molar-refractivity contribution in [1.82, 2.24) is 30.5 Å². The highest BCUT2D eigenvalue weighted by Crippen LogP contribution is 2.32. The first kappa shape index (κ1) is 28.7. The summed E-state index contributed by atoms with van der Waals surface area (Å²) in [5.41, 5.74) is 4.77. The average Bonchev–Trinajstić information content (AvgIpc) is 3.76. The van der Waals surface area contributed by atoms with Gasteiger partial charge in [0.15, 0.2) is 0 Å². The van der Waals surface area contributed by atoms with Crippen molar-refractivity contribution in [1.29, 1.82) is 0 Å². The van der Waals surface area contributed by atoms with Gasteiger partial charge in [-0.2, -0.15) is 0 Å². The second-order valence-corrected chi connectivity index (χ2v) is 12.6. The summed E-state index contributed by atoms with van der Waals surface area (Å²) in [6.07, 6.45) is 2.77. The number of nitrogens with one attached hydrogen (secondary N) is 2. The fourth-order valence-electron chi connectivity index (χ4n) is 6.30. The molecule has 42 heavy (non-hydrogen) atoms. The van der Waals surface area contributed by atoms with Crippen molar-refractivity contribution < 1.29 is 14.0 Å². The predicted molar refractivity (Wildman–Crippen MR) is 167 cm³/mol. The van der Waals surface area contributed by atoms with E-state index in [-0.39, 0.29) is 35.5 Å². The van der Waals surface area contributed by atoms with E-state index < -0.39 is 6.04 Å². The molecule has 6 rings (SSSR count). The molecule has 4 atom stereocenters. The van der Waals surface area contributed by atoms with Crippen LogP contribution in [0.1, 0.15) is 41.9 Å². The lowest BCUT2D eigenvalue weighted by Crippen LogP contribution is -2.51. The SMILES string of the molecule is Cn1nnc2cc(CNC(=O)[C@@H]3CC(CCc4ccc(I)c(F)c4)CN3C(=O)C3C[C@@H](c4ccccc4)CN3)ccc21. The molecule has 0 bridgehead atoms. The van der Waals surface area contributed by atoms with E-state index >= 15 is 0 Å². The number of aromatic nitrogens is 3. The maximum atomic E-state index is 14.1. The van der Waals surface area contributed by atoms with Gasteiger partial charge in [0.2, 0.25) is 11.8 Å². The third-order valence-corrected chi connectivity index (χ3v) is 9.52. The Morgan fingerprint density at radius 3 is 2.69 bits per heavy atom. The van der Waals surface area contributed by atoms with E-state index in [1.54, 1.807) is 21.7 Å². The van der Waals surface area contributed by atoms with Gasteiger partial charge in [-0.25, -0.2) is 9.07 Å². The lowest BCUT2D eigenvalue weighted by atomic mass is 9.96. The number of nitrogens with zero attached hydrogens (tertiary/aromatic N) is 4. The molecule has 8 nitrogen and oxygen atoms in total. The molecule has 3 heterocycles. The number of hydrogen-bond acceptors (Lipinski definition) is 5. The fraction of sp³-hybridized carbons (Fsp3) is 0.375. The van der Waals surface area contributed by atoms with Gasteiger partial charge >= 0.3 is 0 Å². The highest BCUT2D eigenvalue weighted by Gasteiger charge is 2.43. The van der Waals surface area contributed by atoms with Crippen LogP contribution in [0.5, 0.6) is 0 Å². The molecule has 2 unspecified atom stereocenters. The number of rotatable bonds is 8. The lowest BCUT2D eigenvalue weighted by molar-refractivity contribution is -0.139. The first-order valence-corrected chi connectivity index (χ1v) is 15.5. The van der Waals surface area contributed by atoms with Crippen LogP contribution in [0.2, 0.25) is 0 Å². The topological polar surface area (TPSA) is 92.2 Å². The van der Waals surface area contributed by atoms with Crippen LogP contribution in [0, 0.1) is 15.3 Å². The Kier molecular flexibility index (Phi) is 8.53. The third kappa shape index (κ3) is 6.19. The normalized spacial score (nSPS) is 22.1. The van der Waals surface area contributed by atoms with Crippen LogP contribution < -0.4 is 10.6 Å². The van der Waals surface area contributed by atoms with Crippen LogP contribution in [0.25, 0.3) is 11.0 Å². The Bertz CT molecular complexity index is 1590. The molecule has 4 aromatic rings. The van der Waals surface area contributed by atoms with Gasteiger partial charge in [0.1, 0.15) is 17.4 Å². The minimum atomic E-state index is -0.547. The van der Waals surface area contributed by atoms with E-state index in [9.17, 15) is 14.0 Å². The maximum Gasteiger partial charge on any atom is 0.243 e. The zero-order valence-electron chi connectivity index (χ0n) is 23.5.